The molecule has 2 aromatic carbocycles. The fourth-order valence-electron chi connectivity index (χ4n) is 3.21. The Morgan fingerprint density at radius 2 is 1.80 bits per heavy atom. The molecule has 0 bridgehead atoms. The van der Waals surface area contributed by atoms with Crippen LogP contribution in [0, 0.1) is 3.57 Å². The molecule has 162 valence electrons. The summed E-state index contributed by atoms with van der Waals surface area (Å²) >= 11 is 5.43. The van der Waals surface area contributed by atoms with Crippen molar-refractivity contribution >= 4 is 60.1 Å². The first kappa shape index (κ1) is 23.5. The Bertz CT molecular complexity index is 1050. The summed E-state index contributed by atoms with van der Waals surface area (Å²) in [5, 5.41) is 2.65. The van der Waals surface area contributed by atoms with Crippen molar-refractivity contribution < 1.29 is 26.4 Å². The van der Waals surface area contributed by atoms with Gasteiger partial charge in [-0.1, -0.05) is 6.42 Å². The molecule has 1 heterocycles. The first-order valence-corrected chi connectivity index (χ1v) is 12.3. The number of carbonyl (C=O) groups is 1. The van der Waals surface area contributed by atoms with Gasteiger partial charge in [-0.25, -0.2) is 8.42 Å². The zero-order valence-corrected chi connectivity index (χ0v) is 20.0. The van der Waals surface area contributed by atoms with E-state index < -0.39 is 22.2 Å². The zero-order valence-electron chi connectivity index (χ0n) is 15.4. The molecular weight excluding hydrogens is 600 g/mol. The number of piperidine rings is 1. The Morgan fingerprint density at radius 1 is 1.13 bits per heavy atom. The molecule has 0 spiro atoms. The average molecular weight is 617 g/mol. The van der Waals surface area contributed by atoms with Crippen LogP contribution in [0.2, 0.25) is 0 Å². The van der Waals surface area contributed by atoms with E-state index in [1.807, 2.05) is 0 Å². The molecule has 0 radical (unpaired) electrons. The number of carbonyl (C=O) groups excluding carboxylic acids is 1. The Morgan fingerprint density at radius 3 is 2.40 bits per heavy atom. The van der Waals surface area contributed by atoms with Crippen LogP contribution in [0.1, 0.15) is 29.6 Å². The third-order valence-electron chi connectivity index (χ3n) is 4.73. The van der Waals surface area contributed by atoms with Crippen molar-refractivity contribution in [1.82, 2.24) is 4.31 Å². The van der Waals surface area contributed by atoms with E-state index in [4.69, 9.17) is 0 Å². The van der Waals surface area contributed by atoms with E-state index in [-0.39, 0.29) is 23.8 Å². The maximum Gasteiger partial charge on any atom is 0.405 e. The minimum Gasteiger partial charge on any atom is -0.322 e. The predicted octanol–water partition coefficient (Wildman–Crippen LogP) is 5.41. The van der Waals surface area contributed by atoms with Gasteiger partial charge in [-0.2, -0.15) is 17.5 Å². The standard InChI is InChI=1S/C19H17BrF3IN2O3S/c20-15-9-4-12(11-16(15)24)18(27)25-13-5-7-14(8-6-13)30(28,29)26-10-2-1-3-17(26)19(21,22)23/h4-9,11,17H,1-3,10H2,(H,25,27). The van der Waals surface area contributed by atoms with E-state index in [0.717, 1.165) is 8.04 Å². The summed E-state index contributed by atoms with van der Waals surface area (Å²) in [6.07, 6.45) is -4.16. The van der Waals surface area contributed by atoms with Crippen molar-refractivity contribution in [2.75, 3.05) is 11.9 Å². The smallest absolute Gasteiger partial charge is 0.322 e. The third kappa shape index (κ3) is 5.17. The minimum absolute atomic E-state index is 0.173. The van der Waals surface area contributed by atoms with Gasteiger partial charge in [0.05, 0.1) is 4.90 Å². The number of rotatable bonds is 4. The summed E-state index contributed by atoms with van der Waals surface area (Å²) in [5.41, 5.74) is 0.753. The number of nitrogens with zero attached hydrogens (tertiary/aromatic N) is 1. The number of hydrogen-bond donors (Lipinski definition) is 1. The lowest BCUT2D eigenvalue weighted by Crippen LogP contribution is -2.51. The lowest BCUT2D eigenvalue weighted by atomic mass is 10.0. The quantitative estimate of drug-likeness (QED) is 0.467. The fourth-order valence-corrected chi connectivity index (χ4v) is 5.65. The van der Waals surface area contributed by atoms with Crippen LogP contribution in [0.15, 0.2) is 51.8 Å². The van der Waals surface area contributed by atoms with Crippen LogP contribution < -0.4 is 5.32 Å². The highest BCUT2D eigenvalue weighted by atomic mass is 127. The first-order chi connectivity index (χ1) is 14.0. The van der Waals surface area contributed by atoms with E-state index in [1.54, 1.807) is 18.2 Å². The summed E-state index contributed by atoms with van der Waals surface area (Å²) < 4.78 is 67.7. The zero-order chi connectivity index (χ0) is 22.1. The highest BCUT2D eigenvalue weighted by molar-refractivity contribution is 14.1. The maximum absolute atomic E-state index is 13.3. The second-order valence-electron chi connectivity index (χ2n) is 6.78. The van der Waals surface area contributed by atoms with E-state index in [2.05, 4.69) is 43.8 Å². The minimum atomic E-state index is -4.62. The SMILES string of the molecule is O=C(Nc1ccc(S(=O)(=O)N2CCCCC2C(F)(F)F)cc1)c1ccc(Br)c(I)c1. The molecular formula is C19H17BrF3IN2O3S. The Balaban J connectivity index is 1.78. The Kier molecular flexibility index (Phi) is 7.15. The molecule has 30 heavy (non-hydrogen) atoms. The second-order valence-corrected chi connectivity index (χ2v) is 10.7. The van der Waals surface area contributed by atoms with Gasteiger partial charge in [0.2, 0.25) is 10.0 Å². The van der Waals surface area contributed by atoms with Crippen LogP contribution >= 0.6 is 38.5 Å². The number of hydrogen-bond acceptors (Lipinski definition) is 3. The number of benzene rings is 2. The third-order valence-corrected chi connectivity index (χ3v) is 8.98. The lowest BCUT2D eigenvalue weighted by Gasteiger charge is -2.35. The Hall–Kier alpha value is -1.18. The molecule has 2 aromatic rings. The van der Waals surface area contributed by atoms with Crippen molar-refractivity contribution in [3.05, 3.63) is 56.1 Å². The van der Waals surface area contributed by atoms with Gasteiger partial charge in [-0.3, -0.25) is 4.79 Å². The molecule has 3 rings (SSSR count). The van der Waals surface area contributed by atoms with Gasteiger partial charge in [0.25, 0.3) is 5.91 Å². The monoisotopic (exact) mass is 616 g/mol. The molecule has 0 aromatic heterocycles. The maximum atomic E-state index is 13.3. The molecule has 1 aliphatic heterocycles. The molecule has 1 atom stereocenters. The predicted molar refractivity (Wildman–Crippen MR) is 119 cm³/mol. The van der Waals surface area contributed by atoms with Gasteiger partial charge in [0.1, 0.15) is 6.04 Å². The molecule has 1 unspecified atom stereocenters. The van der Waals surface area contributed by atoms with Gasteiger partial charge in [-0.05, 0) is 93.8 Å². The first-order valence-electron chi connectivity index (χ1n) is 8.95. The molecule has 1 N–H and O–H groups in total. The summed E-state index contributed by atoms with van der Waals surface area (Å²) in [7, 11) is -4.31. The van der Waals surface area contributed by atoms with Crippen molar-refractivity contribution in [2.24, 2.45) is 0 Å². The van der Waals surface area contributed by atoms with Gasteiger partial charge >= 0.3 is 6.18 Å². The van der Waals surface area contributed by atoms with Crippen molar-refractivity contribution in [2.45, 2.75) is 36.4 Å². The summed E-state index contributed by atoms with van der Waals surface area (Å²) in [5.74, 6) is -0.385. The van der Waals surface area contributed by atoms with Crippen LogP contribution in [0.5, 0.6) is 0 Å². The topological polar surface area (TPSA) is 66.5 Å². The van der Waals surface area contributed by atoms with Crippen molar-refractivity contribution in [3.8, 4) is 0 Å². The molecule has 1 amide bonds. The van der Waals surface area contributed by atoms with Gasteiger partial charge in [0.15, 0.2) is 0 Å². The van der Waals surface area contributed by atoms with E-state index in [1.165, 1.54) is 24.3 Å². The molecule has 0 aliphatic carbocycles. The van der Waals surface area contributed by atoms with Crippen molar-refractivity contribution in [1.29, 1.82) is 0 Å². The summed E-state index contributed by atoms with van der Waals surface area (Å²) in [6, 6.07) is 8.18. The summed E-state index contributed by atoms with van der Waals surface area (Å²) in [4.78, 5) is 12.1. The van der Waals surface area contributed by atoms with E-state index in [9.17, 15) is 26.4 Å². The average Bonchev–Trinajstić information content (AvgIpc) is 2.70. The molecule has 11 heteroatoms. The molecule has 5 nitrogen and oxygen atoms in total. The number of amides is 1. The molecule has 1 aliphatic rings. The number of alkyl halides is 3. The Labute approximate surface area is 194 Å². The fraction of sp³-hybridized carbons (Fsp3) is 0.316. The van der Waals surface area contributed by atoms with Crippen LogP contribution in [-0.4, -0.2) is 37.4 Å². The van der Waals surface area contributed by atoms with Crippen LogP contribution in [-0.2, 0) is 10.0 Å². The normalized spacial score (nSPS) is 18.2. The van der Waals surface area contributed by atoms with Crippen LogP contribution in [0.3, 0.4) is 0 Å². The second kappa shape index (κ2) is 9.13. The molecule has 0 saturated carbocycles. The van der Waals surface area contributed by atoms with Gasteiger partial charge < -0.3 is 5.32 Å². The molecule has 1 saturated heterocycles. The molecule has 1 fully saturated rings. The highest BCUT2D eigenvalue weighted by Gasteiger charge is 2.49. The van der Waals surface area contributed by atoms with E-state index >= 15 is 0 Å². The van der Waals surface area contributed by atoms with Crippen LogP contribution in [0.25, 0.3) is 0 Å². The highest BCUT2D eigenvalue weighted by Crippen LogP contribution is 2.35. The number of anilines is 1. The van der Waals surface area contributed by atoms with Gasteiger partial charge in [0, 0.05) is 25.8 Å². The van der Waals surface area contributed by atoms with E-state index in [0.29, 0.717) is 28.4 Å². The summed E-state index contributed by atoms with van der Waals surface area (Å²) in [6.45, 7) is -0.173. The number of nitrogens with one attached hydrogen (secondary N) is 1. The lowest BCUT2D eigenvalue weighted by molar-refractivity contribution is -0.177. The van der Waals surface area contributed by atoms with Crippen molar-refractivity contribution in [3.63, 3.8) is 0 Å². The number of sulfonamides is 1. The number of halogens is 5. The van der Waals surface area contributed by atoms with Crippen LogP contribution in [0.4, 0.5) is 18.9 Å². The van der Waals surface area contributed by atoms with Gasteiger partial charge in [-0.15, -0.1) is 0 Å². The largest absolute Gasteiger partial charge is 0.405 e.